The quantitative estimate of drug-likeness (QED) is 0.674. The van der Waals surface area contributed by atoms with Crippen molar-refractivity contribution in [2.24, 2.45) is 7.05 Å². The fraction of sp³-hybridized carbons (Fsp3) is 0.636. The lowest BCUT2D eigenvalue weighted by atomic mass is 10.0. The maximum Gasteiger partial charge on any atom is 0.179 e. The van der Waals surface area contributed by atoms with Crippen molar-refractivity contribution in [2.75, 3.05) is 0 Å². The second kappa shape index (κ2) is 3.56. The van der Waals surface area contributed by atoms with Gasteiger partial charge in [-0.25, -0.2) is 0 Å². The third-order valence-corrected chi connectivity index (χ3v) is 3.05. The number of Topliss-reactive ketones (excluding diaryl/α,β-unsaturated/α-hetero) is 1. The number of carbonyl (C=O) groups excluding carboxylic acids is 1. The highest BCUT2D eigenvalue weighted by molar-refractivity contribution is 5.92. The topological polar surface area (TPSA) is 34.9 Å². The Labute approximate surface area is 84.1 Å². The van der Waals surface area contributed by atoms with Gasteiger partial charge in [0.05, 0.1) is 0 Å². The number of aryl methyl sites for hydroxylation is 1. The normalized spacial score (nSPS) is 17.6. The summed E-state index contributed by atoms with van der Waals surface area (Å²) in [6, 6.07) is 1.96. The van der Waals surface area contributed by atoms with Crippen molar-refractivity contribution in [3.63, 3.8) is 0 Å². The molecule has 1 saturated carbocycles. The Kier molecular flexibility index (Phi) is 2.40. The highest BCUT2D eigenvalue weighted by Gasteiger charge is 2.21. The molecule has 0 spiro atoms. The molecule has 0 bridgehead atoms. The van der Waals surface area contributed by atoms with E-state index in [0.717, 1.165) is 0 Å². The fourth-order valence-corrected chi connectivity index (χ4v) is 2.26. The predicted octanol–water partition coefficient (Wildman–Crippen LogP) is 2.28. The molecule has 1 aliphatic rings. The summed E-state index contributed by atoms with van der Waals surface area (Å²) in [7, 11) is 1.93. The molecule has 1 aromatic rings. The number of nitrogens with zero attached hydrogens (tertiary/aromatic N) is 2. The Bertz CT molecular complexity index is 348. The first-order valence-corrected chi connectivity index (χ1v) is 5.23. The summed E-state index contributed by atoms with van der Waals surface area (Å²) in [5.41, 5.74) is 1.84. The van der Waals surface area contributed by atoms with E-state index in [2.05, 4.69) is 5.10 Å². The van der Waals surface area contributed by atoms with Gasteiger partial charge in [0.25, 0.3) is 0 Å². The van der Waals surface area contributed by atoms with E-state index in [-0.39, 0.29) is 5.78 Å². The first kappa shape index (κ1) is 9.44. The van der Waals surface area contributed by atoms with Crippen LogP contribution in [0.25, 0.3) is 0 Å². The van der Waals surface area contributed by atoms with Crippen molar-refractivity contribution >= 4 is 5.78 Å². The van der Waals surface area contributed by atoms with Crippen LogP contribution in [-0.2, 0) is 7.05 Å². The summed E-state index contributed by atoms with van der Waals surface area (Å²) in [6.07, 6.45) is 5.12. The summed E-state index contributed by atoms with van der Waals surface area (Å²) in [5.74, 6) is 0.686. The van der Waals surface area contributed by atoms with E-state index in [0.29, 0.717) is 11.6 Å². The van der Waals surface area contributed by atoms with Crippen LogP contribution >= 0.6 is 0 Å². The van der Waals surface area contributed by atoms with Gasteiger partial charge in [0, 0.05) is 25.6 Å². The summed E-state index contributed by atoms with van der Waals surface area (Å²) in [5, 5.41) is 4.22. The lowest BCUT2D eigenvalue weighted by Gasteiger charge is -2.07. The van der Waals surface area contributed by atoms with Crippen LogP contribution in [0.3, 0.4) is 0 Å². The number of hydrogen-bond acceptors (Lipinski definition) is 2. The van der Waals surface area contributed by atoms with E-state index in [9.17, 15) is 4.79 Å². The largest absolute Gasteiger partial charge is 0.293 e. The molecule has 0 atom stereocenters. The maximum absolute atomic E-state index is 11.1. The summed E-state index contributed by atoms with van der Waals surface area (Å²) < 4.78 is 1.87. The lowest BCUT2D eigenvalue weighted by molar-refractivity contribution is 0.101. The molecular weight excluding hydrogens is 176 g/mol. The van der Waals surface area contributed by atoms with Crippen molar-refractivity contribution in [3.8, 4) is 0 Å². The standard InChI is InChI=1S/C11H16N2O/c1-8(14)10-7-11(13(2)12-10)9-5-3-4-6-9/h7,9H,3-6H2,1-2H3. The first-order chi connectivity index (χ1) is 6.68. The summed E-state index contributed by atoms with van der Waals surface area (Å²) >= 11 is 0. The van der Waals surface area contributed by atoms with Crippen LogP contribution in [-0.4, -0.2) is 15.6 Å². The highest BCUT2D eigenvalue weighted by atomic mass is 16.1. The van der Waals surface area contributed by atoms with Gasteiger partial charge in [0.1, 0.15) is 5.69 Å². The number of hydrogen-bond donors (Lipinski definition) is 0. The third-order valence-electron chi connectivity index (χ3n) is 3.05. The molecule has 1 aromatic heterocycles. The van der Waals surface area contributed by atoms with Gasteiger partial charge in [-0.3, -0.25) is 9.48 Å². The van der Waals surface area contributed by atoms with E-state index < -0.39 is 0 Å². The van der Waals surface area contributed by atoms with Gasteiger partial charge in [-0.2, -0.15) is 5.10 Å². The Morgan fingerprint density at radius 1 is 1.50 bits per heavy atom. The number of ketones is 1. The zero-order chi connectivity index (χ0) is 10.1. The molecule has 76 valence electrons. The van der Waals surface area contributed by atoms with Crippen LogP contribution in [0.4, 0.5) is 0 Å². The predicted molar refractivity (Wildman–Crippen MR) is 54.4 cm³/mol. The minimum absolute atomic E-state index is 0.0600. The highest BCUT2D eigenvalue weighted by Crippen LogP contribution is 2.33. The van der Waals surface area contributed by atoms with Gasteiger partial charge in [0.2, 0.25) is 0 Å². The molecule has 1 fully saturated rings. The SMILES string of the molecule is CC(=O)c1cc(C2CCCC2)n(C)n1. The van der Waals surface area contributed by atoms with Crippen molar-refractivity contribution < 1.29 is 4.79 Å². The first-order valence-electron chi connectivity index (χ1n) is 5.23. The van der Waals surface area contributed by atoms with Crippen molar-refractivity contribution in [3.05, 3.63) is 17.5 Å². The zero-order valence-corrected chi connectivity index (χ0v) is 8.79. The monoisotopic (exact) mass is 192 g/mol. The van der Waals surface area contributed by atoms with Crippen LogP contribution < -0.4 is 0 Å². The molecule has 0 saturated heterocycles. The second-order valence-electron chi connectivity index (χ2n) is 4.12. The third kappa shape index (κ3) is 1.59. The van der Waals surface area contributed by atoms with Crippen molar-refractivity contribution in [2.45, 2.75) is 38.5 Å². The number of aromatic nitrogens is 2. The van der Waals surface area contributed by atoms with E-state index in [1.165, 1.54) is 31.4 Å². The van der Waals surface area contributed by atoms with Gasteiger partial charge in [0.15, 0.2) is 5.78 Å². The maximum atomic E-state index is 11.1. The van der Waals surface area contributed by atoms with Crippen LogP contribution in [0.15, 0.2) is 6.07 Å². The van der Waals surface area contributed by atoms with Crippen LogP contribution in [0, 0.1) is 0 Å². The van der Waals surface area contributed by atoms with Crippen molar-refractivity contribution in [1.82, 2.24) is 9.78 Å². The minimum atomic E-state index is 0.0600. The zero-order valence-electron chi connectivity index (χ0n) is 8.79. The molecule has 1 heterocycles. The second-order valence-corrected chi connectivity index (χ2v) is 4.12. The number of carbonyl (C=O) groups is 1. The smallest absolute Gasteiger partial charge is 0.179 e. The van der Waals surface area contributed by atoms with Gasteiger partial charge in [-0.15, -0.1) is 0 Å². The molecule has 14 heavy (non-hydrogen) atoms. The van der Waals surface area contributed by atoms with Gasteiger partial charge in [-0.1, -0.05) is 12.8 Å². The van der Waals surface area contributed by atoms with Gasteiger partial charge >= 0.3 is 0 Å². The molecule has 3 nitrogen and oxygen atoms in total. The molecular formula is C11H16N2O. The van der Waals surface area contributed by atoms with Crippen LogP contribution in [0.1, 0.15) is 54.7 Å². The molecule has 0 N–H and O–H groups in total. The van der Waals surface area contributed by atoms with E-state index in [1.807, 2.05) is 17.8 Å². The Hall–Kier alpha value is -1.12. The molecule has 0 amide bonds. The summed E-state index contributed by atoms with van der Waals surface area (Å²) in [6.45, 7) is 1.57. The Balaban J connectivity index is 2.28. The molecule has 3 heteroatoms. The van der Waals surface area contributed by atoms with E-state index in [1.54, 1.807) is 6.92 Å². The fourth-order valence-electron chi connectivity index (χ4n) is 2.26. The van der Waals surface area contributed by atoms with E-state index in [4.69, 9.17) is 0 Å². The Morgan fingerprint density at radius 3 is 2.64 bits per heavy atom. The summed E-state index contributed by atoms with van der Waals surface area (Å²) in [4.78, 5) is 11.1. The van der Waals surface area contributed by atoms with Crippen LogP contribution in [0.2, 0.25) is 0 Å². The minimum Gasteiger partial charge on any atom is -0.293 e. The Morgan fingerprint density at radius 2 is 2.14 bits per heavy atom. The molecule has 2 rings (SSSR count). The average Bonchev–Trinajstić information content (AvgIpc) is 2.71. The molecule has 0 aromatic carbocycles. The van der Waals surface area contributed by atoms with Crippen LogP contribution in [0.5, 0.6) is 0 Å². The van der Waals surface area contributed by atoms with E-state index >= 15 is 0 Å². The molecule has 1 aliphatic carbocycles. The van der Waals surface area contributed by atoms with Gasteiger partial charge < -0.3 is 0 Å². The molecule has 0 unspecified atom stereocenters. The molecule has 0 radical (unpaired) electrons. The molecule has 0 aliphatic heterocycles. The average molecular weight is 192 g/mol. The van der Waals surface area contributed by atoms with Gasteiger partial charge in [-0.05, 0) is 18.9 Å². The number of rotatable bonds is 2. The lowest BCUT2D eigenvalue weighted by Crippen LogP contribution is -2.02. The van der Waals surface area contributed by atoms with Crippen molar-refractivity contribution in [1.29, 1.82) is 0 Å².